The summed E-state index contributed by atoms with van der Waals surface area (Å²) in [4.78, 5) is 10.0. The lowest BCUT2D eigenvalue weighted by atomic mass is 10.2. The third-order valence-corrected chi connectivity index (χ3v) is 2.47. The number of anilines is 2. The number of hydrogen-bond acceptors (Lipinski definition) is 4. The largest absolute Gasteiger partial charge is 0.381 e. The first-order valence-electron chi connectivity index (χ1n) is 5.51. The molecule has 17 heavy (non-hydrogen) atoms. The summed E-state index contributed by atoms with van der Waals surface area (Å²) >= 11 is 0. The van der Waals surface area contributed by atoms with Gasteiger partial charge in [0.25, 0.3) is 0 Å². The van der Waals surface area contributed by atoms with E-state index < -0.39 is 0 Å². The van der Waals surface area contributed by atoms with Crippen molar-refractivity contribution >= 4 is 11.4 Å². The Kier molecular flexibility index (Phi) is 3.55. The van der Waals surface area contributed by atoms with Crippen molar-refractivity contribution in [2.45, 2.75) is 6.54 Å². The van der Waals surface area contributed by atoms with Crippen LogP contribution in [0.15, 0.2) is 43.0 Å². The molecular formula is C13H16N4. The molecule has 0 aliphatic heterocycles. The predicted octanol–water partition coefficient (Wildman–Crippen LogP) is 2.15. The molecule has 0 spiro atoms. The highest BCUT2D eigenvalue weighted by molar-refractivity contribution is 5.57. The van der Waals surface area contributed by atoms with Crippen LogP contribution in [0.3, 0.4) is 0 Å². The number of hydrogen-bond donors (Lipinski definition) is 1. The van der Waals surface area contributed by atoms with Crippen molar-refractivity contribution in [2.75, 3.05) is 24.3 Å². The fourth-order valence-electron chi connectivity index (χ4n) is 1.52. The van der Waals surface area contributed by atoms with Gasteiger partial charge < -0.3 is 10.2 Å². The lowest BCUT2D eigenvalue weighted by molar-refractivity contribution is 1.05. The molecule has 1 N–H and O–H groups in total. The van der Waals surface area contributed by atoms with E-state index >= 15 is 0 Å². The Morgan fingerprint density at radius 3 is 2.65 bits per heavy atom. The first-order chi connectivity index (χ1) is 8.25. The predicted molar refractivity (Wildman–Crippen MR) is 70.1 cm³/mol. The first kappa shape index (κ1) is 11.4. The summed E-state index contributed by atoms with van der Waals surface area (Å²) in [6.45, 7) is 0.734. The molecule has 0 radical (unpaired) electrons. The van der Waals surface area contributed by atoms with Crippen LogP contribution < -0.4 is 10.2 Å². The molecule has 0 amide bonds. The average Bonchev–Trinajstić information content (AvgIpc) is 2.38. The van der Waals surface area contributed by atoms with Crippen LogP contribution in [-0.2, 0) is 6.54 Å². The van der Waals surface area contributed by atoms with Gasteiger partial charge in [0, 0.05) is 50.0 Å². The highest BCUT2D eigenvalue weighted by atomic mass is 15.1. The molecule has 0 unspecified atom stereocenters. The fourth-order valence-corrected chi connectivity index (χ4v) is 1.52. The third kappa shape index (κ3) is 3.17. The highest BCUT2D eigenvalue weighted by Gasteiger charge is 1.98. The van der Waals surface area contributed by atoms with Gasteiger partial charge in [-0.15, -0.1) is 0 Å². The molecule has 0 bridgehead atoms. The molecule has 4 heteroatoms. The van der Waals surface area contributed by atoms with Crippen molar-refractivity contribution < 1.29 is 0 Å². The number of rotatable bonds is 4. The molecule has 0 atom stereocenters. The Bertz CT molecular complexity index is 468. The Morgan fingerprint density at radius 2 is 1.94 bits per heavy atom. The minimum atomic E-state index is 0.734. The molecule has 1 aromatic carbocycles. The zero-order chi connectivity index (χ0) is 12.1. The van der Waals surface area contributed by atoms with Gasteiger partial charge in [-0.1, -0.05) is 6.07 Å². The van der Waals surface area contributed by atoms with E-state index in [1.165, 1.54) is 12.0 Å². The molecule has 0 fully saturated rings. The van der Waals surface area contributed by atoms with E-state index in [9.17, 15) is 0 Å². The number of nitrogens with one attached hydrogen (secondary N) is 1. The van der Waals surface area contributed by atoms with Crippen molar-refractivity contribution in [1.82, 2.24) is 9.97 Å². The second-order valence-electron chi connectivity index (χ2n) is 4.05. The number of benzene rings is 1. The van der Waals surface area contributed by atoms with E-state index in [0.717, 1.165) is 17.8 Å². The van der Waals surface area contributed by atoms with Crippen molar-refractivity contribution in [3.63, 3.8) is 0 Å². The van der Waals surface area contributed by atoms with Crippen LogP contribution in [0.25, 0.3) is 0 Å². The molecule has 4 nitrogen and oxygen atoms in total. The van der Waals surface area contributed by atoms with Crippen LogP contribution in [0.5, 0.6) is 0 Å². The van der Waals surface area contributed by atoms with Crippen molar-refractivity contribution in [3.05, 3.63) is 48.5 Å². The van der Waals surface area contributed by atoms with Gasteiger partial charge in [-0.2, -0.15) is 0 Å². The van der Waals surface area contributed by atoms with E-state index in [2.05, 4.69) is 38.4 Å². The summed E-state index contributed by atoms with van der Waals surface area (Å²) in [6, 6.07) is 8.29. The normalized spacial score (nSPS) is 10.0. The van der Waals surface area contributed by atoms with Crippen LogP contribution in [-0.4, -0.2) is 24.1 Å². The van der Waals surface area contributed by atoms with Gasteiger partial charge in [0.05, 0.1) is 0 Å². The molecule has 0 saturated heterocycles. The lowest BCUT2D eigenvalue weighted by Gasteiger charge is -2.14. The summed E-state index contributed by atoms with van der Waals surface area (Å²) in [5, 5.41) is 3.35. The zero-order valence-electron chi connectivity index (χ0n) is 10.1. The van der Waals surface area contributed by atoms with Gasteiger partial charge in [0.15, 0.2) is 0 Å². The van der Waals surface area contributed by atoms with Gasteiger partial charge in [-0.25, -0.2) is 9.97 Å². The smallest absolute Gasteiger partial charge is 0.115 e. The van der Waals surface area contributed by atoms with E-state index in [1.807, 2.05) is 32.6 Å². The summed E-state index contributed by atoms with van der Waals surface area (Å²) < 4.78 is 0. The number of aromatic nitrogens is 2. The van der Waals surface area contributed by atoms with Crippen molar-refractivity contribution in [1.29, 1.82) is 0 Å². The van der Waals surface area contributed by atoms with E-state index in [0.29, 0.717) is 0 Å². The minimum Gasteiger partial charge on any atom is -0.381 e. The Hall–Kier alpha value is -2.10. The molecule has 1 aromatic heterocycles. The van der Waals surface area contributed by atoms with Gasteiger partial charge in [0.2, 0.25) is 0 Å². The molecule has 88 valence electrons. The second kappa shape index (κ2) is 5.30. The quantitative estimate of drug-likeness (QED) is 0.870. The van der Waals surface area contributed by atoms with Crippen LogP contribution in [0.1, 0.15) is 5.56 Å². The SMILES string of the molecule is CN(C)c1cccc(NCc2cncnc2)c1. The van der Waals surface area contributed by atoms with Crippen LogP contribution in [0.2, 0.25) is 0 Å². The molecule has 0 saturated carbocycles. The maximum Gasteiger partial charge on any atom is 0.115 e. The molecule has 0 aliphatic carbocycles. The summed E-state index contributed by atoms with van der Waals surface area (Å²) in [5.74, 6) is 0. The highest BCUT2D eigenvalue weighted by Crippen LogP contribution is 2.17. The topological polar surface area (TPSA) is 41.0 Å². The van der Waals surface area contributed by atoms with Crippen molar-refractivity contribution in [2.24, 2.45) is 0 Å². The fraction of sp³-hybridized carbons (Fsp3) is 0.231. The van der Waals surface area contributed by atoms with Gasteiger partial charge >= 0.3 is 0 Å². The van der Waals surface area contributed by atoms with Crippen LogP contribution in [0, 0.1) is 0 Å². The van der Waals surface area contributed by atoms with E-state index in [1.54, 1.807) is 0 Å². The van der Waals surface area contributed by atoms with Crippen LogP contribution in [0.4, 0.5) is 11.4 Å². The molecular weight excluding hydrogens is 212 g/mol. The minimum absolute atomic E-state index is 0.734. The summed E-state index contributed by atoms with van der Waals surface area (Å²) in [7, 11) is 4.06. The van der Waals surface area contributed by atoms with Gasteiger partial charge in [-0.05, 0) is 18.2 Å². The second-order valence-corrected chi connectivity index (χ2v) is 4.05. The van der Waals surface area contributed by atoms with Gasteiger partial charge in [0.1, 0.15) is 6.33 Å². The van der Waals surface area contributed by atoms with Gasteiger partial charge in [-0.3, -0.25) is 0 Å². The molecule has 2 rings (SSSR count). The molecule has 0 aliphatic rings. The third-order valence-electron chi connectivity index (χ3n) is 2.47. The molecule has 1 heterocycles. The van der Waals surface area contributed by atoms with E-state index in [-0.39, 0.29) is 0 Å². The summed E-state index contributed by atoms with van der Waals surface area (Å²) in [6.07, 6.45) is 5.17. The first-order valence-corrected chi connectivity index (χ1v) is 5.51. The standard InChI is InChI=1S/C13H16N4/c1-17(2)13-5-3-4-12(6-13)16-9-11-7-14-10-15-8-11/h3-8,10,16H,9H2,1-2H3. The van der Waals surface area contributed by atoms with E-state index in [4.69, 9.17) is 0 Å². The number of nitrogens with zero attached hydrogens (tertiary/aromatic N) is 3. The monoisotopic (exact) mass is 228 g/mol. The average molecular weight is 228 g/mol. The Morgan fingerprint density at radius 1 is 1.18 bits per heavy atom. The summed E-state index contributed by atoms with van der Waals surface area (Å²) in [5.41, 5.74) is 3.35. The van der Waals surface area contributed by atoms with Crippen LogP contribution >= 0.6 is 0 Å². The Balaban J connectivity index is 2.02. The lowest BCUT2D eigenvalue weighted by Crippen LogP contribution is -2.09. The molecule has 2 aromatic rings. The Labute approximate surface area is 101 Å². The maximum absolute atomic E-state index is 3.98. The van der Waals surface area contributed by atoms with Crippen molar-refractivity contribution in [3.8, 4) is 0 Å². The zero-order valence-corrected chi connectivity index (χ0v) is 10.1. The maximum atomic E-state index is 3.98.